The summed E-state index contributed by atoms with van der Waals surface area (Å²) in [6.07, 6.45) is 0.647. The first-order valence-corrected chi connectivity index (χ1v) is 9.26. The second-order valence-corrected chi connectivity index (χ2v) is 6.80. The lowest BCUT2D eigenvalue weighted by Gasteiger charge is -2.17. The molecule has 0 unspecified atom stereocenters. The molecule has 0 fully saturated rings. The molecule has 3 aromatic rings. The number of aromatic hydroxyl groups is 2. The Bertz CT molecular complexity index is 1060. The molecule has 0 saturated carbocycles. The van der Waals surface area contributed by atoms with E-state index < -0.39 is 11.9 Å². The minimum absolute atomic E-state index is 0.179. The molecule has 0 spiro atoms. The number of phenols is 2. The Balaban J connectivity index is 2.16. The van der Waals surface area contributed by atoms with Crippen molar-refractivity contribution >= 4 is 11.9 Å². The van der Waals surface area contributed by atoms with E-state index in [1.54, 1.807) is 12.1 Å². The van der Waals surface area contributed by atoms with Crippen molar-refractivity contribution in [3.05, 3.63) is 70.8 Å². The van der Waals surface area contributed by atoms with E-state index in [4.69, 9.17) is 15.9 Å². The zero-order chi connectivity index (χ0) is 22.0. The molecule has 6 N–H and O–H groups in total. The number of nitrogens with two attached hydrogens (primary N) is 1. The summed E-state index contributed by atoms with van der Waals surface area (Å²) >= 11 is 0. The van der Waals surface area contributed by atoms with Gasteiger partial charge in [0.25, 0.3) is 0 Å². The summed E-state index contributed by atoms with van der Waals surface area (Å²) in [5.74, 6) is -3.08. The van der Waals surface area contributed by atoms with Gasteiger partial charge in [0.05, 0.1) is 0 Å². The van der Waals surface area contributed by atoms with Crippen LogP contribution < -0.4 is 5.73 Å². The average Bonchev–Trinajstić information content (AvgIpc) is 2.71. The van der Waals surface area contributed by atoms with Crippen LogP contribution in [0.5, 0.6) is 11.5 Å². The molecule has 0 bridgehead atoms. The molecule has 0 aromatic heterocycles. The maximum Gasteiger partial charge on any atom is 0.339 e. The van der Waals surface area contributed by atoms with Gasteiger partial charge >= 0.3 is 11.9 Å². The highest BCUT2D eigenvalue weighted by Gasteiger charge is 2.17. The number of hydrogen-bond acceptors (Lipinski definition) is 5. The first-order chi connectivity index (χ1) is 14.3. The monoisotopic (exact) mass is 407 g/mol. The van der Waals surface area contributed by atoms with Crippen LogP contribution in [-0.2, 0) is 13.0 Å². The first-order valence-electron chi connectivity index (χ1n) is 9.26. The number of aromatic carboxylic acids is 2. The van der Waals surface area contributed by atoms with Gasteiger partial charge in [-0.3, -0.25) is 0 Å². The predicted molar refractivity (Wildman–Crippen MR) is 112 cm³/mol. The van der Waals surface area contributed by atoms with Crippen LogP contribution in [0.4, 0.5) is 0 Å². The third-order valence-corrected chi connectivity index (χ3v) is 5.01. The molecule has 0 aliphatic heterocycles. The van der Waals surface area contributed by atoms with Gasteiger partial charge in [0.15, 0.2) is 0 Å². The molecule has 0 heterocycles. The van der Waals surface area contributed by atoms with Crippen molar-refractivity contribution in [1.82, 2.24) is 0 Å². The van der Waals surface area contributed by atoms with Crippen LogP contribution in [0.25, 0.3) is 22.3 Å². The zero-order valence-electron chi connectivity index (χ0n) is 16.2. The number of carboxylic acids is 2. The average molecular weight is 407 g/mol. The lowest BCUT2D eigenvalue weighted by atomic mass is 9.89. The van der Waals surface area contributed by atoms with Crippen LogP contribution >= 0.6 is 0 Å². The molecule has 7 nitrogen and oxygen atoms in total. The lowest BCUT2D eigenvalue weighted by Crippen LogP contribution is -2.03. The summed E-state index contributed by atoms with van der Waals surface area (Å²) in [6.45, 7) is 2.15. The van der Waals surface area contributed by atoms with Gasteiger partial charge in [-0.05, 0) is 70.1 Å². The molecule has 0 aliphatic rings. The summed E-state index contributed by atoms with van der Waals surface area (Å²) in [5, 5.41) is 38.4. The number of hydrogen-bond donors (Lipinski definition) is 5. The number of rotatable bonds is 6. The van der Waals surface area contributed by atoms with E-state index in [0.717, 1.165) is 22.3 Å². The quantitative estimate of drug-likeness (QED) is 0.418. The molecule has 0 saturated heterocycles. The molecule has 7 heteroatoms. The first kappa shape index (κ1) is 20.9. The Morgan fingerprint density at radius 1 is 0.767 bits per heavy atom. The molecular formula is C23H21NO6. The molecule has 3 rings (SSSR count). The van der Waals surface area contributed by atoms with Crippen molar-refractivity contribution < 1.29 is 30.0 Å². The van der Waals surface area contributed by atoms with Crippen LogP contribution in [0.1, 0.15) is 38.8 Å². The predicted octanol–water partition coefficient (Wildman–Crippen LogP) is 3.85. The Labute approximate surface area is 172 Å². The minimum Gasteiger partial charge on any atom is -0.507 e. The maximum atomic E-state index is 11.2. The summed E-state index contributed by atoms with van der Waals surface area (Å²) in [5.41, 5.74) is 10.1. The van der Waals surface area contributed by atoms with Gasteiger partial charge in [-0.15, -0.1) is 0 Å². The number of benzene rings is 3. The Morgan fingerprint density at radius 2 is 1.20 bits per heavy atom. The van der Waals surface area contributed by atoms with Gasteiger partial charge in [0.2, 0.25) is 0 Å². The highest BCUT2D eigenvalue weighted by atomic mass is 16.4. The molecule has 30 heavy (non-hydrogen) atoms. The number of carbonyl (C=O) groups is 2. The van der Waals surface area contributed by atoms with Gasteiger partial charge in [-0.25, -0.2) is 9.59 Å². The van der Waals surface area contributed by atoms with Crippen molar-refractivity contribution in [3.8, 4) is 33.8 Å². The van der Waals surface area contributed by atoms with E-state index in [-0.39, 0.29) is 29.2 Å². The van der Waals surface area contributed by atoms with Crippen LogP contribution in [0.15, 0.2) is 48.5 Å². The second kappa shape index (κ2) is 8.26. The van der Waals surface area contributed by atoms with Gasteiger partial charge in [0, 0.05) is 6.54 Å². The molecule has 3 aromatic carbocycles. The SMILES string of the molecule is CCc1cc(-c2ccc(C(=O)O)c(O)c2)c(CN)cc1-c1ccc(C(=O)O)c(O)c1. The van der Waals surface area contributed by atoms with Crippen molar-refractivity contribution in [1.29, 1.82) is 0 Å². The lowest BCUT2D eigenvalue weighted by molar-refractivity contribution is 0.0682. The molecule has 154 valence electrons. The Hall–Kier alpha value is -3.84. The van der Waals surface area contributed by atoms with E-state index in [0.29, 0.717) is 17.5 Å². The van der Waals surface area contributed by atoms with Crippen LogP contribution in [0.3, 0.4) is 0 Å². The summed E-state index contributed by atoms with van der Waals surface area (Å²) in [6, 6.07) is 12.5. The fourth-order valence-corrected chi connectivity index (χ4v) is 3.45. The Kier molecular flexibility index (Phi) is 5.75. The minimum atomic E-state index is -1.22. The van der Waals surface area contributed by atoms with E-state index in [9.17, 15) is 19.8 Å². The maximum absolute atomic E-state index is 11.2. The highest BCUT2D eigenvalue weighted by Crippen LogP contribution is 2.36. The third kappa shape index (κ3) is 3.83. The molecular weight excluding hydrogens is 386 g/mol. The van der Waals surface area contributed by atoms with E-state index in [2.05, 4.69) is 0 Å². The van der Waals surface area contributed by atoms with Crippen molar-refractivity contribution in [2.24, 2.45) is 5.73 Å². The summed E-state index contributed by atoms with van der Waals surface area (Å²) in [7, 11) is 0. The summed E-state index contributed by atoms with van der Waals surface area (Å²) < 4.78 is 0. The van der Waals surface area contributed by atoms with Crippen LogP contribution in [0, 0.1) is 0 Å². The standard InChI is InChI=1S/C23H21NO6/c1-2-12-7-19(14-4-6-17(23(29)30)21(26)10-14)15(11-24)8-18(12)13-3-5-16(22(27)28)20(25)9-13/h3-10,25-26H,2,11,24H2,1H3,(H,27,28)(H,29,30). The molecule has 0 aliphatic carbocycles. The van der Waals surface area contributed by atoms with Crippen molar-refractivity contribution in [2.45, 2.75) is 19.9 Å². The number of carboxylic acid groups (broad SMARTS) is 2. The second-order valence-electron chi connectivity index (χ2n) is 6.80. The largest absolute Gasteiger partial charge is 0.507 e. The van der Waals surface area contributed by atoms with Gasteiger partial charge in [-0.2, -0.15) is 0 Å². The van der Waals surface area contributed by atoms with Crippen LogP contribution in [0.2, 0.25) is 0 Å². The van der Waals surface area contributed by atoms with Crippen molar-refractivity contribution in [2.75, 3.05) is 0 Å². The normalized spacial score (nSPS) is 10.7. The molecule has 0 amide bonds. The smallest absolute Gasteiger partial charge is 0.339 e. The van der Waals surface area contributed by atoms with E-state index >= 15 is 0 Å². The third-order valence-electron chi connectivity index (χ3n) is 5.01. The topological polar surface area (TPSA) is 141 Å². The van der Waals surface area contributed by atoms with E-state index in [1.165, 1.54) is 24.3 Å². The molecule has 0 atom stereocenters. The van der Waals surface area contributed by atoms with E-state index in [1.807, 2.05) is 19.1 Å². The zero-order valence-corrected chi connectivity index (χ0v) is 16.2. The van der Waals surface area contributed by atoms with Crippen molar-refractivity contribution in [3.63, 3.8) is 0 Å². The number of aryl methyl sites for hydroxylation is 1. The fraction of sp³-hybridized carbons (Fsp3) is 0.130. The highest BCUT2D eigenvalue weighted by molar-refractivity contribution is 5.93. The summed E-state index contributed by atoms with van der Waals surface area (Å²) in [4.78, 5) is 22.3. The van der Waals surface area contributed by atoms with Gasteiger partial charge in [-0.1, -0.05) is 25.1 Å². The van der Waals surface area contributed by atoms with Gasteiger partial charge in [0.1, 0.15) is 22.6 Å². The fourth-order valence-electron chi connectivity index (χ4n) is 3.45. The Morgan fingerprint density at radius 3 is 1.57 bits per heavy atom. The van der Waals surface area contributed by atoms with Gasteiger partial charge < -0.3 is 26.2 Å². The van der Waals surface area contributed by atoms with Crippen LogP contribution in [-0.4, -0.2) is 32.4 Å². The molecule has 0 radical (unpaired) electrons.